The van der Waals surface area contributed by atoms with Crippen molar-refractivity contribution < 1.29 is 22.7 Å². The maximum absolute atomic E-state index is 13.0. The number of sulfone groups is 1. The second-order valence-corrected chi connectivity index (χ2v) is 10.2. The molecule has 4 rings (SSSR count). The van der Waals surface area contributed by atoms with E-state index in [1.54, 1.807) is 48.5 Å². The van der Waals surface area contributed by atoms with Crippen molar-refractivity contribution in [1.29, 1.82) is 0 Å². The third-order valence-corrected chi connectivity index (χ3v) is 6.42. The predicted molar refractivity (Wildman–Crippen MR) is 135 cm³/mol. The molecule has 8 heteroatoms. The summed E-state index contributed by atoms with van der Waals surface area (Å²) in [5, 5.41) is 0.544. The summed E-state index contributed by atoms with van der Waals surface area (Å²) in [5.41, 5.74) is 2.83. The zero-order chi connectivity index (χ0) is 25.0. The van der Waals surface area contributed by atoms with Gasteiger partial charge in [0.1, 0.15) is 0 Å². The summed E-state index contributed by atoms with van der Waals surface area (Å²) < 4.78 is 30.2. The first-order valence-corrected chi connectivity index (χ1v) is 12.9. The maximum Gasteiger partial charge on any atom is 0.333 e. The van der Waals surface area contributed by atoms with Crippen molar-refractivity contribution in [2.24, 2.45) is 0 Å². The lowest BCUT2D eigenvalue weighted by Gasteiger charge is -2.30. The number of amides is 1. The summed E-state index contributed by atoms with van der Waals surface area (Å²) in [5.74, 6) is -1.03. The van der Waals surface area contributed by atoms with E-state index in [9.17, 15) is 18.0 Å². The van der Waals surface area contributed by atoms with Gasteiger partial charge in [0.2, 0.25) is 6.41 Å². The van der Waals surface area contributed by atoms with Crippen LogP contribution in [0, 0.1) is 0 Å². The van der Waals surface area contributed by atoms with Gasteiger partial charge in [-0.2, -0.15) is 0 Å². The van der Waals surface area contributed by atoms with Crippen LogP contribution < -0.4 is 4.90 Å². The first-order valence-electron chi connectivity index (χ1n) is 10.8. The lowest BCUT2D eigenvalue weighted by atomic mass is 9.98. The summed E-state index contributed by atoms with van der Waals surface area (Å²) in [6.07, 6.45) is 1.66. The van der Waals surface area contributed by atoms with E-state index in [4.69, 9.17) is 9.72 Å². The molecule has 4 aromatic rings. The molecular weight excluding hydrogens is 464 g/mol. The molecule has 0 saturated carbocycles. The molecule has 7 nitrogen and oxygen atoms in total. The highest BCUT2D eigenvalue weighted by Crippen LogP contribution is 2.40. The standard InChI is InChI=1S/C27H24N2O5S/c1-34-27(31)25(20-13-7-4-8-14-20)29(18-30)26-21-15-9-10-16-23(21)28-24(19-11-5-3-6-12-19)22(26)17-35(2,32)33/h3-16,18,25H,17H2,1-2H3. The number of ether oxygens (including phenoxy) is 1. The molecule has 1 amide bonds. The van der Waals surface area contributed by atoms with E-state index in [1.807, 2.05) is 36.4 Å². The molecule has 0 aliphatic carbocycles. The van der Waals surface area contributed by atoms with E-state index < -0.39 is 21.8 Å². The van der Waals surface area contributed by atoms with Crippen LogP contribution in [-0.4, -0.2) is 39.1 Å². The minimum Gasteiger partial charge on any atom is -0.467 e. The number of benzene rings is 3. The number of nitrogens with zero attached hydrogens (tertiary/aromatic N) is 2. The molecule has 0 fully saturated rings. The van der Waals surface area contributed by atoms with Crippen molar-refractivity contribution in [2.75, 3.05) is 18.3 Å². The number of anilines is 1. The van der Waals surface area contributed by atoms with Crippen molar-refractivity contribution in [3.05, 3.63) is 96.1 Å². The maximum atomic E-state index is 13.0. The number of para-hydroxylation sites is 1. The number of hydrogen-bond acceptors (Lipinski definition) is 6. The van der Waals surface area contributed by atoms with Gasteiger partial charge in [-0.3, -0.25) is 9.69 Å². The van der Waals surface area contributed by atoms with E-state index in [0.29, 0.717) is 45.4 Å². The quantitative estimate of drug-likeness (QED) is 0.271. The lowest BCUT2D eigenvalue weighted by molar-refractivity contribution is -0.143. The largest absolute Gasteiger partial charge is 0.467 e. The minimum absolute atomic E-state index is 0.300. The average molecular weight is 489 g/mol. The van der Waals surface area contributed by atoms with Gasteiger partial charge in [0.25, 0.3) is 0 Å². The van der Waals surface area contributed by atoms with Gasteiger partial charge in [-0.25, -0.2) is 18.2 Å². The van der Waals surface area contributed by atoms with E-state index in [2.05, 4.69) is 0 Å². The van der Waals surface area contributed by atoms with E-state index >= 15 is 0 Å². The Morgan fingerprint density at radius 1 is 0.971 bits per heavy atom. The van der Waals surface area contributed by atoms with Crippen LogP contribution >= 0.6 is 0 Å². The Morgan fingerprint density at radius 3 is 2.17 bits per heavy atom. The molecule has 0 aliphatic rings. The fourth-order valence-electron chi connectivity index (χ4n) is 4.16. The molecule has 0 spiro atoms. The van der Waals surface area contributed by atoms with Gasteiger partial charge in [-0.1, -0.05) is 78.9 Å². The lowest BCUT2D eigenvalue weighted by Crippen LogP contribution is -2.35. The number of methoxy groups -OCH3 is 1. The third kappa shape index (κ3) is 5.07. The molecule has 1 heterocycles. The van der Waals surface area contributed by atoms with Crippen LogP contribution in [0.25, 0.3) is 22.2 Å². The molecular formula is C27H24N2O5S. The number of aromatic nitrogens is 1. The number of pyridine rings is 1. The molecule has 0 radical (unpaired) electrons. The highest BCUT2D eigenvalue weighted by molar-refractivity contribution is 7.89. The van der Waals surface area contributed by atoms with Crippen LogP contribution in [-0.2, 0) is 29.9 Å². The van der Waals surface area contributed by atoms with Gasteiger partial charge in [0.05, 0.1) is 29.8 Å². The predicted octanol–water partition coefficient (Wildman–Crippen LogP) is 4.32. The first-order chi connectivity index (χ1) is 16.8. The number of hydrogen-bond donors (Lipinski definition) is 0. The second-order valence-electron chi connectivity index (χ2n) is 8.09. The van der Waals surface area contributed by atoms with E-state index in [0.717, 1.165) is 6.26 Å². The Labute approximate surface area is 203 Å². The Bertz CT molecular complexity index is 1470. The molecule has 178 valence electrons. The normalized spacial score (nSPS) is 12.2. The fraction of sp³-hybridized carbons (Fsp3) is 0.148. The summed E-state index contributed by atoms with van der Waals surface area (Å²) in [4.78, 5) is 31.7. The zero-order valence-electron chi connectivity index (χ0n) is 19.3. The van der Waals surface area contributed by atoms with Crippen LogP contribution in [0.1, 0.15) is 17.2 Å². The number of fused-ring (bicyclic) bond motifs is 1. The topological polar surface area (TPSA) is 93.6 Å². The van der Waals surface area contributed by atoms with Gasteiger partial charge >= 0.3 is 5.97 Å². The van der Waals surface area contributed by atoms with Gasteiger partial charge in [-0.15, -0.1) is 0 Å². The van der Waals surface area contributed by atoms with Crippen LogP contribution in [0.2, 0.25) is 0 Å². The molecule has 1 atom stereocenters. The Morgan fingerprint density at radius 2 is 1.57 bits per heavy atom. The molecule has 0 aliphatic heterocycles. The van der Waals surface area contributed by atoms with Gasteiger partial charge < -0.3 is 4.74 Å². The van der Waals surface area contributed by atoms with Gasteiger partial charge in [-0.05, 0) is 11.6 Å². The third-order valence-electron chi connectivity index (χ3n) is 5.61. The van der Waals surface area contributed by atoms with Crippen molar-refractivity contribution in [3.8, 4) is 11.3 Å². The Kier molecular flexibility index (Phi) is 6.93. The van der Waals surface area contributed by atoms with Gasteiger partial charge in [0, 0.05) is 22.8 Å². The monoisotopic (exact) mass is 488 g/mol. The number of rotatable bonds is 8. The first kappa shape index (κ1) is 24.1. The average Bonchev–Trinajstić information content (AvgIpc) is 2.87. The molecule has 0 bridgehead atoms. The smallest absolute Gasteiger partial charge is 0.333 e. The van der Waals surface area contributed by atoms with Crippen molar-refractivity contribution in [2.45, 2.75) is 11.8 Å². The van der Waals surface area contributed by atoms with Crippen LogP contribution in [0.15, 0.2) is 84.9 Å². The van der Waals surface area contributed by atoms with E-state index in [-0.39, 0.29) is 5.75 Å². The van der Waals surface area contributed by atoms with E-state index in [1.165, 1.54) is 12.0 Å². The highest BCUT2D eigenvalue weighted by atomic mass is 32.2. The van der Waals surface area contributed by atoms with Crippen molar-refractivity contribution in [3.63, 3.8) is 0 Å². The molecule has 0 N–H and O–H groups in total. The van der Waals surface area contributed by atoms with Crippen LogP contribution in [0.4, 0.5) is 5.69 Å². The summed E-state index contributed by atoms with van der Waals surface area (Å²) in [6.45, 7) is 0. The SMILES string of the molecule is COC(=O)C(c1ccccc1)N(C=O)c1c(CS(C)(=O)=O)c(-c2ccccc2)nc2ccccc12. The fourth-order valence-corrected chi connectivity index (χ4v) is 4.96. The molecule has 3 aromatic carbocycles. The summed E-state index contributed by atoms with van der Waals surface area (Å²) >= 11 is 0. The van der Waals surface area contributed by atoms with Crippen molar-refractivity contribution in [1.82, 2.24) is 4.98 Å². The molecule has 1 aromatic heterocycles. The summed E-state index contributed by atoms with van der Waals surface area (Å²) in [6, 6.07) is 23.9. The number of esters is 1. The summed E-state index contributed by atoms with van der Waals surface area (Å²) in [7, 11) is -2.31. The number of carbonyl (C=O) groups excluding carboxylic acids is 2. The minimum atomic E-state index is -3.56. The van der Waals surface area contributed by atoms with Crippen LogP contribution in [0.5, 0.6) is 0 Å². The molecule has 1 unspecified atom stereocenters. The van der Waals surface area contributed by atoms with Crippen molar-refractivity contribution >= 4 is 38.8 Å². The zero-order valence-corrected chi connectivity index (χ0v) is 20.1. The Hall–Kier alpha value is -4.04. The Balaban J connectivity index is 2.12. The second kappa shape index (κ2) is 10.1. The number of carbonyl (C=O) groups is 2. The molecule has 35 heavy (non-hydrogen) atoms. The van der Waals surface area contributed by atoms with Gasteiger partial charge in [0.15, 0.2) is 15.9 Å². The highest BCUT2D eigenvalue weighted by Gasteiger charge is 2.33. The van der Waals surface area contributed by atoms with Crippen LogP contribution in [0.3, 0.4) is 0 Å². The molecule has 0 saturated heterocycles.